The number of anilines is 1. The Hall–Kier alpha value is -4.34. The van der Waals surface area contributed by atoms with Crippen LogP contribution in [0.3, 0.4) is 0 Å². The van der Waals surface area contributed by atoms with Gasteiger partial charge in [-0.05, 0) is 24.3 Å². The zero-order valence-corrected chi connectivity index (χ0v) is 20.6. The van der Waals surface area contributed by atoms with Crippen LogP contribution in [0.2, 0.25) is 5.02 Å². The molecule has 0 aliphatic heterocycles. The smallest absolute Gasteiger partial charge is 0.325 e. The molecule has 0 unspecified atom stereocenters. The summed E-state index contributed by atoms with van der Waals surface area (Å²) in [6.45, 7) is -1.06. The van der Waals surface area contributed by atoms with E-state index in [-0.39, 0.29) is 33.3 Å². The molecular weight excluding hydrogens is 516 g/mol. The molecule has 1 heterocycles. The highest BCUT2D eigenvalue weighted by Gasteiger charge is 2.29. The zero-order chi connectivity index (χ0) is 26.1. The van der Waals surface area contributed by atoms with Crippen LogP contribution in [-0.2, 0) is 14.3 Å². The summed E-state index contributed by atoms with van der Waals surface area (Å²) < 4.78 is 5.77. The minimum atomic E-state index is -0.816. The molecule has 2 N–H and O–H groups in total. The van der Waals surface area contributed by atoms with Crippen molar-refractivity contribution in [1.29, 1.82) is 0 Å². The quantitative estimate of drug-likeness (QED) is 0.316. The van der Waals surface area contributed by atoms with Crippen LogP contribution >= 0.6 is 22.9 Å². The molecule has 0 bridgehead atoms. The van der Waals surface area contributed by atoms with Crippen molar-refractivity contribution in [1.82, 2.24) is 5.32 Å². The summed E-state index contributed by atoms with van der Waals surface area (Å²) >= 11 is 7.48. The van der Waals surface area contributed by atoms with Gasteiger partial charge in [0, 0.05) is 38.0 Å². The number of benzene rings is 3. The Morgan fingerprint density at radius 2 is 1.49 bits per heavy atom. The molecule has 0 fully saturated rings. The van der Waals surface area contributed by atoms with Crippen molar-refractivity contribution >= 4 is 68.1 Å². The largest absolute Gasteiger partial charge is 0.454 e. The van der Waals surface area contributed by atoms with Crippen molar-refractivity contribution in [3.63, 3.8) is 0 Å². The van der Waals surface area contributed by atoms with E-state index in [1.807, 2.05) is 18.2 Å². The van der Waals surface area contributed by atoms with Crippen LogP contribution in [0.5, 0.6) is 0 Å². The number of nitrogens with one attached hydrogen (secondary N) is 2. The van der Waals surface area contributed by atoms with E-state index in [4.69, 9.17) is 16.3 Å². The van der Waals surface area contributed by atoms with Crippen molar-refractivity contribution < 1.29 is 28.7 Å². The standard InChI is InChI=1S/C27H17ClN2O6S/c28-23-18-7-3-4-8-20(18)37-26(23)27(35)29-12-22(32)36-13-21(31)30-14-9-10-17-19(11-14)25(34)16-6-2-1-5-15(16)24(17)33/h1-11H,12-13H2,(H,29,35)(H,30,31). The van der Waals surface area contributed by atoms with Crippen LogP contribution in [0.25, 0.3) is 10.1 Å². The molecule has 1 aromatic heterocycles. The molecule has 184 valence electrons. The molecule has 2 amide bonds. The Kier molecular flexibility index (Phi) is 6.56. The Morgan fingerprint density at radius 1 is 0.838 bits per heavy atom. The van der Waals surface area contributed by atoms with E-state index in [1.165, 1.54) is 29.5 Å². The van der Waals surface area contributed by atoms with Crippen LogP contribution in [-0.4, -0.2) is 42.5 Å². The maximum atomic E-state index is 12.8. The number of carbonyl (C=O) groups excluding carboxylic acids is 5. The van der Waals surface area contributed by atoms with Gasteiger partial charge in [-0.2, -0.15) is 0 Å². The molecule has 0 saturated carbocycles. The fourth-order valence-electron chi connectivity index (χ4n) is 3.96. The molecule has 0 atom stereocenters. The fraction of sp³-hybridized carbons (Fsp3) is 0.0741. The number of thiophene rings is 1. The number of ketones is 2. The average molecular weight is 533 g/mol. The SMILES string of the molecule is O=C(COC(=O)CNC(=O)c1sc2ccccc2c1Cl)Nc1ccc2c(c1)C(=O)c1ccccc1C2=O. The van der Waals surface area contributed by atoms with Gasteiger partial charge in [-0.15, -0.1) is 11.3 Å². The molecule has 8 nitrogen and oxygen atoms in total. The van der Waals surface area contributed by atoms with Crippen molar-refractivity contribution in [2.24, 2.45) is 0 Å². The molecule has 37 heavy (non-hydrogen) atoms. The Bertz CT molecular complexity index is 1630. The lowest BCUT2D eigenvalue weighted by molar-refractivity contribution is -0.146. The first-order chi connectivity index (χ1) is 17.8. The lowest BCUT2D eigenvalue weighted by Gasteiger charge is -2.18. The van der Waals surface area contributed by atoms with E-state index in [0.29, 0.717) is 16.1 Å². The summed E-state index contributed by atoms with van der Waals surface area (Å²) in [4.78, 5) is 62.6. The molecule has 1 aliphatic carbocycles. The summed E-state index contributed by atoms with van der Waals surface area (Å²) in [5.41, 5.74) is 1.35. The third kappa shape index (κ3) is 4.74. The van der Waals surface area contributed by atoms with Crippen LogP contribution < -0.4 is 10.6 Å². The molecule has 10 heteroatoms. The van der Waals surface area contributed by atoms with Crippen molar-refractivity contribution in [2.45, 2.75) is 0 Å². The van der Waals surface area contributed by atoms with Gasteiger partial charge >= 0.3 is 5.97 Å². The van der Waals surface area contributed by atoms with Crippen molar-refractivity contribution in [3.05, 3.63) is 98.9 Å². The van der Waals surface area contributed by atoms with Gasteiger partial charge in [0.1, 0.15) is 11.4 Å². The maximum Gasteiger partial charge on any atom is 0.325 e. The van der Waals surface area contributed by atoms with E-state index in [1.54, 1.807) is 30.3 Å². The molecule has 1 aliphatic rings. The molecular formula is C27H17ClN2O6S. The number of hydrogen-bond donors (Lipinski definition) is 2. The number of fused-ring (bicyclic) bond motifs is 3. The van der Waals surface area contributed by atoms with E-state index in [2.05, 4.69) is 10.6 Å². The molecule has 4 aromatic rings. The van der Waals surface area contributed by atoms with Gasteiger partial charge in [0.25, 0.3) is 11.8 Å². The predicted molar refractivity (Wildman–Crippen MR) is 139 cm³/mol. The van der Waals surface area contributed by atoms with E-state index < -0.39 is 30.9 Å². The summed E-state index contributed by atoms with van der Waals surface area (Å²) in [6.07, 6.45) is 0. The number of carbonyl (C=O) groups is 5. The summed E-state index contributed by atoms with van der Waals surface area (Å²) in [7, 11) is 0. The zero-order valence-electron chi connectivity index (χ0n) is 19.0. The highest BCUT2D eigenvalue weighted by Crippen LogP contribution is 2.35. The van der Waals surface area contributed by atoms with Gasteiger partial charge in [-0.25, -0.2) is 0 Å². The van der Waals surface area contributed by atoms with Gasteiger partial charge in [0.05, 0.1) is 5.02 Å². The average Bonchev–Trinajstić information content (AvgIpc) is 3.25. The lowest BCUT2D eigenvalue weighted by Crippen LogP contribution is -2.32. The van der Waals surface area contributed by atoms with E-state index in [0.717, 1.165) is 10.1 Å². The monoisotopic (exact) mass is 532 g/mol. The number of amides is 2. The van der Waals surface area contributed by atoms with Gasteiger partial charge < -0.3 is 15.4 Å². The lowest BCUT2D eigenvalue weighted by atomic mass is 9.84. The Balaban J connectivity index is 1.15. The fourth-order valence-corrected chi connectivity index (χ4v) is 5.40. The van der Waals surface area contributed by atoms with E-state index in [9.17, 15) is 24.0 Å². The Morgan fingerprint density at radius 3 is 2.22 bits per heavy atom. The third-order valence-electron chi connectivity index (χ3n) is 5.71. The summed E-state index contributed by atoms with van der Waals surface area (Å²) in [6, 6.07) is 18.2. The molecule has 0 spiro atoms. The van der Waals surface area contributed by atoms with Gasteiger partial charge in [0.15, 0.2) is 18.2 Å². The third-order valence-corrected chi connectivity index (χ3v) is 7.38. The van der Waals surface area contributed by atoms with Crippen molar-refractivity contribution in [2.75, 3.05) is 18.5 Å². The first-order valence-electron chi connectivity index (χ1n) is 11.1. The second-order valence-corrected chi connectivity index (χ2v) is 9.53. The molecule has 5 rings (SSSR count). The number of halogens is 1. The highest BCUT2D eigenvalue weighted by atomic mass is 35.5. The first-order valence-corrected chi connectivity index (χ1v) is 12.3. The van der Waals surface area contributed by atoms with Crippen LogP contribution in [0.1, 0.15) is 41.5 Å². The van der Waals surface area contributed by atoms with E-state index >= 15 is 0 Å². The number of hydrogen-bond acceptors (Lipinski definition) is 7. The topological polar surface area (TPSA) is 119 Å². The molecule has 0 saturated heterocycles. The first kappa shape index (κ1) is 24.4. The maximum absolute atomic E-state index is 12.8. The highest BCUT2D eigenvalue weighted by molar-refractivity contribution is 7.21. The minimum Gasteiger partial charge on any atom is -0.454 e. The van der Waals surface area contributed by atoms with Crippen LogP contribution in [0.15, 0.2) is 66.7 Å². The summed E-state index contributed by atoms with van der Waals surface area (Å²) in [5.74, 6) is -2.58. The second-order valence-electron chi connectivity index (χ2n) is 8.10. The number of rotatable bonds is 6. The van der Waals surface area contributed by atoms with Gasteiger partial charge in [-0.3, -0.25) is 24.0 Å². The van der Waals surface area contributed by atoms with Gasteiger partial charge in [0.2, 0.25) is 0 Å². The number of ether oxygens (including phenoxy) is 1. The molecule has 3 aromatic carbocycles. The second kappa shape index (κ2) is 9.96. The number of esters is 1. The van der Waals surface area contributed by atoms with Crippen LogP contribution in [0, 0.1) is 0 Å². The van der Waals surface area contributed by atoms with Gasteiger partial charge in [-0.1, -0.05) is 54.1 Å². The van der Waals surface area contributed by atoms with Crippen molar-refractivity contribution in [3.8, 4) is 0 Å². The summed E-state index contributed by atoms with van der Waals surface area (Å²) in [5, 5.41) is 6.03. The predicted octanol–water partition coefficient (Wildman–Crippen LogP) is 4.24. The Labute approximate surface area is 219 Å². The minimum absolute atomic E-state index is 0.182. The van der Waals surface area contributed by atoms with Crippen LogP contribution in [0.4, 0.5) is 5.69 Å². The molecule has 0 radical (unpaired) electrons. The normalized spacial score (nSPS) is 12.0.